The Bertz CT molecular complexity index is 1470. The molecule has 4 aromatic carbocycles. The Morgan fingerprint density at radius 3 is 2.47 bits per heavy atom. The molecule has 1 aliphatic rings. The van der Waals surface area contributed by atoms with E-state index in [-0.39, 0.29) is 17.3 Å². The molecule has 0 saturated heterocycles. The average Bonchev–Trinajstić information content (AvgIpc) is 2.86. The molecule has 0 aliphatic carbocycles. The number of hydrogen-bond donors (Lipinski definition) is 1. The number of carbonyl (C=O) groups excluding carboxylic acids is 1. The third-order valence-electron chi connectivity index (χ3n) is 5.89. The highest BCUT2D eigenvalue weighted by molar-refractivity contribution is 7.92. The van der Waals surface area contributed by atoms with E-state index in [0.717, 1.165) is 21.9 Å². The van der Waals surface area contributed by atoms with Gasteiger partial charge in [-0.1, -0.05) is 60.7 Å². The first kappa shape index (κ1) is 22.0. The Balaban J connectivity index is 1.40. The maximum Gasteiger partial charge on any atom is 0.264 e. The van der Waals surface area contributed by atoms with Gasteiger partial charge in [-0.25, -0.2) is 8.42 Å². The van der Waals surface area contributed by atoms with E-state index in [2.05, 4.69) is 5.32 Å². The first-order valence-corrected chi connectivity index (χ1v) is 12.5. The van der Waals surface area contributed by atoms with Crippen LogP contribution >= 0.6 is 0 Å². The lowest BCUT2D eigenvalue weighted by molar-refractivity contribution is -0.127. The maximum absolute atomic E-state index is 13.4. The summed E-state index contributed by atoms with van der Waals surface area (Å²) in [5.74, 6) is 0.00480. The molecule has 1 heterocycles. The molecule has 1 atom stereocenters. The predicted octanol–water partition coefficient (Wildman–Crippen LogP) is 4.42. The van der Waals surface area contributed by atoms with Gasteiger partial charge in [-0.2, -0.15) is 0 Å². The molecule has 4 aromatic rings. The SMILES string of the molecule is Cc1ccc2c(c1)OC(C(=O)NCc1ccc3ccccc3c1)CN2S(=O)(=O)c1ccccc1. The third kappa shape index (κ3) is 4.22. The minimum absolute atomic E-state index is 0.114. The highest BCUT2D eigenvalue weighted by atomic mass is 32.2. The summed E-state index contributed by atoms with van der Waals surface area (Å²) in [6, 6.07) is 27.5. The molecule has 7 heteroatoms. The fraction of sp³-hybridized carbons (Fsp3) is 0.148. The molecule has 0 radical (unpaired) electrons. The topological polar surface area (TPSA) is 75.7 Å². The van der Waals surface area contributed by atoms with E-state index in [1.807, 2.05) is 55.5 Å². The standard InChI is InChI=1S/C27H24N2O4S/c1-19-11-14-24-25(15-19)33-26(18-29(24)34(31,32)23-9-3-2-4-10-23)27(30)28-17-20-12-13-21-7-5-6-8-22(21)16-20/h2-16,26H,17-18H2,1H3,(H,28,30). The van der Waals surface area contributed by atoms with Crippen molar-refractivity contribution in [1.29, 1.82) is 0 Å². The number of carbonyl (C=O) groups is 1. The second-order valence-corrected chi connectivity index (χ2v) is 10.2. The first-order chi connectivity index (χ1) is 16.4. The van der Waals surface area contributed by atoms with E-state index in [9.17, 15) is 13.2 Å². The van der Waals surface area contributed by atoms with E-state index in [1.165, 1.54) is 4.31 Å². The van der Waals surface area contributed by atoms with Crippen LogP contribution < -0.4 is 14.4 Å². The number of nitrogens with one attached hydrogen (secondary N) is 1. The number of ether oxygens (including phenoxy) is 1. The van der Waals surface area contributed by atoms with Crippen molar-refractivity contribution in [3.05, 3.63) is 102 Å². The monoisotopic (exact) mass is 472 g/mol. The normalized spacial score (nSPS) is 15.4. The molecule has 5 rings (SSSR count). The Morgan fingerprint density at radius 1 is 0.941 bits per heavy atom. The zero-order chi connectivity index (χ0) is 23.7. The Hall–Kier alpha value is -3.84. The summed E-state index contributed by atoms with van der Waals surface area (Å²) in [5.41, 5.74) is 2.29. The van der Waals surface area contributed by atoms with Crippen LogP contribution in [0.1, 0.15) is 11.1 Å². The van der Waals surface area contributed by atoms with Gasteiger partial charge in [0.1, 0.15) is 5.75 Å². The second kappa shape index (κ2) is 8.83. The van der Waals surface area contributed by atoms with Crippen molar-refractivity contribution in [2.75, 3.05) is 10.8 Å². The Kier molecular flexibility index (Phi) is 5.71. The summed E-state index contributed by atoms with van der Waals surface area (Å²) in [7, 11) is -3.87. The molecule has 0 fully saturated rings. The Morgan fingerprint density at radius 2 is 1.68 bits per heavy atom. The van der Waals surface area contributed by atoms with Crippen LogP contribution in [0.5, 0.6) is 5.75 Å². The van der Waals surface area contributed by atoms with Crippen LogP contribution in [0.4, 0.5) is 5.69 Å². The van der Waals surface area contributed by atoms with Crippen molar-refractivity contribution in [2.24, 2.45) is 0 Å². The number of aryl methyl sites for hydroxylation is 1. The van der Waals surface area contributed by atoms with Crippen LogP contribution in [0.3, 0.4) is 0 Å². The van der Waals surface area contributed by atoms with Crippen LogP contribution in [0.25, 0.3) is 10.8 Å². The number of sulfonamides is 1. The fourth-order valence-electron chi connectivity index (χ4n) is 4.10. The molecule has 6 nitrogen and oxygen atoms in total. The van der Waals surface area contributed by atoms with E-state index < -0.39 is 16.1 Å². The minimum Gasteiger partial charge on any atom is -0.476 e. The van der Waals surface area contributed by atoms with Gasteiger partial charge < -0.3 is 10.1 Å². The van der Waals surface area contributed by atoms with Crippen LogP contribution in [0, 0.1) is 6.92 Å². The number of benzene rings is 4. The quantitative estimate of drug-likeness (QED) is 0.467. The summed E-state index contributed by atoms with van der Waals surface area (Å²) >= 11 is 0. The van der Waals surface area contributed by atoms with Crippen LogP contribution in [-0.2, 0) is 21.4 Å². The van der Waals surface area contributed by atoms with Gasteiger partial charge in [-0.3, -0.25) is 9.10 Å². The van der Waals surface area contributed by atoms with E-state index in [0.29, 0.717) is 18.0 Å². The van der Waals surface area contributed by atoms with Crippen molar-refractivity contribution in [2.45, 2.75) is 24.5 Å². The number of rotatable bonds is 5. The average molecular weight is 473 g/mol. The van der Waals surface area contributed by atoms with Gasteiger partial charge in [0.05, 0.1) is 17.1 Å². The van der Waals surface area contributed by atoms with Crippen molar-refractivity contribution >= 4 is 32.4 Å². The summed E-state index contributed by atoms with van der Waals surface area (Å²) in [6.45, 7) is 2.09. The summed E-state index contributed by atoms with van der Waals surface area (Å²) < 4.78 is 34.1. The van der Waals surface area contributed by atoms with Crippen LogP contribution in [0.2, 0.25) is 0 Å². The molecule has 34 heavy (non-hydrogen) atoms. The summed E-state index contributed by atoms with van der Waals surface area (Å²) in [4.78, 5) is 13.2. The van der Waals surface area contributed by atoms with E-state index in [1.54, 1.807) is 42.5 Å². The molecular weight excluding hydrogens is 448 g/mol. The molecule has 1 N–H and O–H groups in total. The molecule has 0 aromatic heterocycles. The number of amides is 1. The first-order valence-electron chi connectivity index (χ1n) is 11.0. The van der Waals surface area contributed by atoms with Gasteiger partial charge in [0.15, 0.2) is 6.10 Å². The van der Waals surface area contributed by atoms with Gasteiger partial charge in [0.25, 0.3) is 15.9 Å². The van der Waals surface area contributed by atoms with Gasteiger partial charge in [0, 0.05) is 6.54 Å². The molecule has 1 unspecified atom stereocenters. The lowest BCUT2D eigenvalue weighted by Crippen LogP contribution is -2.50. The van der Waals surface area contributed by atoms with Crippen molar-refractivity contribution < 1.29 is 17.9 Å². The van der Waals surface area contributed by atoms with E-state index in [4.69, 9.17) is 4.74 Å². The predicted molar refractivity (Wildman–Crippen MR) is 132 cm³/mol. The van der Waals surface area contributed by atoms with Crippen molar-refractivity contribution in [3.8, 4) is 5.75 Å². The van der Waals surface area contributed by atoms with Gasteiger partial charge >= 0.3 is 0 Å². The minimum atomic E-state index is -3.87. The van der Waals surface area contributed by atoms with Crippen LogP contribution in [-0.4, -0.2) is 27.0 Å². The van der Waals surface area contributed by atoms with Gasteiger partial charge in [-0.15, -0.1) is 0 Å². The molecule has 172 valence electrons. The maximum atomic E-state index is 13.4. The summed E-state index contributed by atoms with van der Waals surface area (Å²) in [6.07, 6.45) is -0.978. The molecule has 1 aliphatic heterocycles. The molecular formula is C27H24N2O4S. The highest BCUT2D eigenvalue weighted by Crippen LogP contribution is 2.37. The largest absolute Gasteiger partial charge is 0.476 e. The second-order valence-electron chi connectivity index (χ2n) is 8.33. The van der Waals surface area contributed by atoms with Gasteiger partial charge in [0.2, 0.25) is 0 Å². The lowest BCUT2D eigenvalue weighted by atomic mass is 10.1. The number of nitrogens with zero attached hydrogens (tertiary/aromatic N) is 1. The fourth-order valence-corrected chi connectivity index (χ4v) is 5.59. The number of anilines is 1. The zero-order valence-corrected chi connectivity index (χ0v) is 19.5. The van der Waals surface area contributed by atoms with Crippen molar-refractivity contribution in [3.63, 3.8) is 0 Å². The van der Waals surface area contributed by atoms with Gasteiger partial charge in [-0.05, 0) is 59.2 Å². The smallest absolute Gasteiger partial charge is 0.264 e. The number of fused-ring (bicyclic) bond motifs is 2. The molecule has 0 saturated carbocycles. The van der Waals surface area contributed by atoms with Crippen LogP contribution in [0.15, 0.2) is 95.9 Å². The molecule has 0 spiro atoms. The highest BCUT2D eigenvalue weighted by Gasteiger charge is 2.37. The third-order valence-corrected chi connectivity index (χ3v) is 7.68. The number of hydrogen-bond acceptors (Lipinski definition) is 4. The molecule has 0 bridgehead atoms. The van der Waals surface area contributed by atoms with E-state index >= 15 is 0 Å². The summed E-state index contributed by atoms with van der Waals surface area (Å²) in [5, 5.41) is 5.12. The van der Waals surface area contributed by atoms with Crippen molar-refractivity contribution in [1.82, 2.24) is 5.32 Å². The Labute approximate surface area is 198 Å². The lowest BCUT2D eigenvalue weighted by Gasteiger charge is -2.35. The molecule has 1 amide bonds. The zero-order valence-electron chi connectivity index (χ0n) is 18.6.